The van der Waals surface area contributed by atoms with Gasteiger partial charge >= 0.3 is 0 Å². The zero-order chi connectivity index (χ0) is 21.3. The molecule has 0 radical (unpaired) electrons. The van der Waals surface area contributed by atoms with Crippen LogP contribution in [0.25, 0.3) is 0 Å². The SMILES string of the molecule is Cc1noc(C)c1CN1C(=O)CC[C@@]12CCCN(Cc1ccc(C(C)C)cc1)CC2. The van der Waals surface area contributed by atoms with E-state index in [9.17, 15) is 4.79 Å². The molecule has 0 aliphatic carbocycles. The maximum atomic E-state index is 12.8. The molecule has 30 heavy (non-hydrogen) atoms. The number of likely N-dealkylation sites (tertiary alicyclic amines) is 2. The molecule has 2 aromatic rings. The van der Waals surface area contributed by atoms with Crippen molar-refractivity contribution in [1.82, 2.24) is 15.0 Å². The molecule has 162 valence electrons. The fourth-order valence-electron chi connectivity index (χ4n) is 5.19. The molecule has 1 atom stereocenters. The molecule has 2 fully saturated rings. The second kappa shape index (κ2) is 8.54. The third-order valence-electron chi connectivity index (χ3n) is 7.24. The lowest BCUT2D eigenvalue weighted by Crippen LogP contribution is -2.46. The molecular formula is C25H35N3O2. The van der Waals surface area contributed by atoms with Crippen molar-refractivity contribution in [3.8, 4) is 0 Å². The maximum Gasteiger partial charge on any atom is 0.223 e. The monoisotopic (exact) mass is 409 g/mol. The van der Waals surface area contributed by atoms with Crippen LogP contribution in [-0.2, 0) is 17.9 Å². The highest BCUT2D eigenvalue weighted by molar-refractivity contribution is 5.79. The first-order valence-corrected chi connectivity index (χ1v) is 11.4. The molecular weight excluding hydrogens is 374 g/mol. The predicted octanol–water partition coefficient (Wildman–Crippen LogP) is 4.96. The van der Waals surface area contributed by atoms with Crippen molar-refractivity contribution in [3.63, 3.8) is 0 Å². The van der Waals surface area contributed by atoms with Crippen LogP contribution >= 0.6 is 0 Å². The molecule has 3 heterocycles. The molecule has 4 rings (SSSR count). The maximum absolute atomic E-state index is 12.8. The van der Waals surface area contributed by atoms with Crippen LogP contribution in [0.1, 0.15) is 80.0 Å². The smallest absolute Gasteiger partial charge is 0.223 e. The summed E-state index contributed by atoms with van der Waals surface area (Å²) >= 11 is 0. The lowest BCUT2D eigenvalue weighted by Gasteiger charge is -2.38. The van der Waals surface area contributed by atoms with Crippen molar-refractivity contribution in [3.05, 3.63) is 52.4 Å². The average Bonchev–Trinajstić information content (AvgIpc) is 3.11. The Morgan fingerprint density at radius 2 is 1.83 bits per heavy atom. The Bertz CT molecular complexity index is 867. The second-order valence-electron chi connectivity index (χ2n) is 9.53. The number of nitrogens with zero attached hydrogens (tertiary/aromatic N) is 3. The highest BCUT2D eigenvalue weighted by Gasteiger charge is 2.46. The molecule has 0 N–H and O–H groups in total. The zero-order valence-electron chi connectivity index (χ0n) is 18.9. The largest absolute Gasteiger partial charge is 0.361 e. The van der Waals surface area contributed by atoms with Crippen LogP contribution in [0.5, 0.6) is 0 Å². The van der Waals surface area contributed by atoms with Crippen LogP contribution in [0.15, 0.2) is 28.8 Å². The van der Waals surface area contributed by atoms with Gasteiger partial charge in [0.05, 0.1) is 12.2 Å². The molecule has 1 aromatic heterocycles. The minimum absolute atomic E-state index is 0.0104. The van der Waals surface area contributed by atoms with Gasteiger partial charge in [0.15, 0.2) is 0 Å². The second-order valence-corrected chi connectivity index (χ2v) is 9.53. The summed E-state index contributed by atoms with van der Waals surface area (Å²) in [5.74, 6) is 1.69. The first-order chi connectivity index (χ1) is 14.4. The van der Waals surface area contributed by atoms with Gasteiger partial charge in [0.2, 0.25) is 5.91 Å². The number of benzene rings is 1. The van der Waals surface area contributed by atoms with Gasteiger partial charge in [-0.05, 0) is 63.1 Å². The fourth-order valence-corrected chi connectivity index (χ4v) is 5.19. The molecule has 0 saturated carbocycles. The predicted molar refractivity (Wildman–Crippen MR) is 118 cm³/mol. The van der Waals surface area contributed by atoms with E-state index in [2.05, 4.69) is 53.1 Å². The summed E-state index contributed by atoms with van der Waals surface area (Å²) in [5.41, 5.74) is 4.75. The number of carbonyl (C=O) groups is 1. The van der Waals surface area contributed by atoms with Crippen LogP contribution in [0.3, 0.4) is 0 Å². The Morgan fingerprint density at radius 3 is 2.50 bits per heavy atom. The molecule has 5 nitrogen and oxygen atoms in total. The third kappa shape index (κ3) is 4.18. The summed E-state index contributed by atoms with van der Waals surface area (Å²) in [5, 5.41) is 4.09. The fraction of sp³-hybridized carbons (Fsp3) is 0.600. The third-order valence-corrected chi connectivity index (χ3v) is 7.24. The normalized spacial score (nSPS) is 23.0. The summed E-state index contributed by atoms with van der Waals surface area (Å²) < 4.78 is 5.35. The van der Waals surface area contributed by atoms with Crippen LogP contribution in [0, 0.1) is 13.8 Å². The highest BCUT2D eigenvalue weighted by Crippen LogP contribution is 2.40. The topological polar surface area (TPSA) is 49.6 Å². The zero-order valence-corrected chi connectivity index (χ0v) is 18.9. The van der Waals surface area contributed by atoms with E-state index in [1.54, 1.807) is 0 Å². The van der Waals surface area contributed by atoms with E-state index in [0.29, 0.717) is 18.9 Å². The Labute approximate surface area is 180 Å². The van der Waals surface area contributed by atoms with Crippen molar-refractivity contribution in [1.29, 1.82) is 0 Å². The number of aryl methyl sites for hydroxylation is 2. The Morgan fingerprint density at radius 1 is 1.07 bits per heavy atom. The van der Waals surface area contributed by atoms with Gasteiger partial charge in [-0.25, -0.2) is 0 Å². The molecule has 1 amide bonds. The first-order valence-electron chi connectivity index (χ1n) is 11.4. The van der Waals surface area contributed by atoms with Crippen LogP contribution in [-0.4, -0.2) is 39.5 Å². The van der Waals surface area contributed by atoms with Gasteiger partial charge in [-0.15, -0.1) is 0 Å². The Balaban J connectivity index is 1.44. The number of carbonyl (C=O) groups excluding carboxylic acids is 1. The lowest BCUT2D eigenvalue weighted by molar-refractivity contribution is -0.132. The molecule has 0 bridgehead atoms. The van der Waals surface area contributed by atoms with Gasteiger partial charge in [0.25, 0.3) is 0 Å². The van der Waals surface area contributed by atoms with Gasteiger partial charge < -0.3 is 9.42 Å². The number of aromatic nitrogens is 1. The standard InChI is InChI=1S/C25H35N3O2/c1-18(2)22-8-6-21(7-9-22)16-27-14-5-11-25(13-15-27)12-10-24(29)28(25)17-23-19(3)26-30-20(23)4/h6-9,18H,5,10-17H2,1-4H3/t25-/m1/s1. The molecule has 0 unspecified atom stereocenters. The van der Waals surface area contributed by atoms with Crippen molar-refractivity contribution in [2.24, 2.45) is 0 Å². The van der Waals surface area contributed by atoms with Crippen LogP contribution < -0.4 is 0 Å². The Kier molecular flexibility index (Phi) is 6.01. The highest BCUT2D eigenvalue weighted by atomic mass is 16.5. The van der Waals surface area contributed by atoms with Crippen LogP contribution in [0.4, 0.5) is 0 Å². The van der Waals surface area contributed by atoms with Crippen molar-refractivity contribution in [2.45, 2.75) is 84.3 Å². The summed E-state index contributed by atoms with van der Waals surface area (Å²) in [4.78, 5) is 17.5. The number of amides is 1. The van der Waals surface area contributed by atoms with E-state index in [0.717, 1.165) is 62.3 Å². The van der Waals surface area contributed by atoms with Gasteiger partial charge in [0.1, 0.15) is 5.76 Å². The van der Waals surface area contributed by atoms with Crippen molar-refractivity contribution < 1.29 is 9.32 Å². The molecule has 5 heteroatoms. The molecule has 1 aromatic carbocycles. The molecule has 2 aliphatic heterocycles. The van der Waals surface area contributed by atoms with E-state index in [1.807, 2.05) is 13.8 Å². The van der Waals surface area contributed by atoms with Gasteiger partial charge in [0, 0.05) is 30.6 Å². The summed E-state index contributed by atoms with van der Waals surface area (Å²) in [7, 11) is 0. The van der Waals surface area contributed by atoms with E-state index in [-0.39, 0.29) is 11.4 Å². The molecule has 2 saturated heterocycles. The number of hydrogen-bond donors (Lipinski definition) is 0. The summed E-state index contributed by atoms with van der Waals surface area (Å²) in [6, 6.07) is 9.08. The minimum Gasteiger partial charge on any atom is -0.361 e. The Hall–Kier alpha value is -2.14. The molecule has 2 aliphatic rings. The average molecular weight is 410 g/mol. The molecule has 1 spiro atoms. The first kappa shape index (κ1) is 21.1. The van der Waals surface area contributed by atoms with Crippen LogP contribution in [0.2, 0.25) is 0 Å². The summed E-state index contributed by atoms with van der Waals surface area (Å²) in [6.45, 7) is 12.2. The van der Waals surface area contributed by atoms with E-state index in [4.69, 9.17) is 4.52 Å². The number of rotatable bonds is 5. The lowest BCUT2D eigenvalue weighted by atomic mass is 9.87. The van der Waals surface area contributed by atoms with Gasteiger partial charge in [-0.3, -0.25) is 9.69 Å². The quantitative estimate of drug-likeness (QED) is 0.700. The minimum atomic E-state index is -0.0104. The van der Waals surface area contributed by atoms with E-state index in [1.165, 1.54) is 11.1 Å². The van der Waals surface area contributed by atoms with Crippen molar-refractivity contribution >= 4 is 5.91 Å². The van der Waals surface area contributed by atoms with Crippen molar-refractivity contribution in [2.75, 3.05) is 13.1 Å². The van der Waals surface area contributed by atoms with Gasteiger partial charge in [-0.2, -0.15) is 0 Å². The van der Waals surface area contributed by atoms with E-state index < -0.39 is 0 Å². The van der Waals surface area contributed by atoms with Gasteiger partial charge in [-0.1, -0.05) is 43.3 Å². The van der Waals surface area contributed by atoms with E-state index >= 15 is 0 Å². The number of hydrogen-bond acceptors (Lipinski definition) is 4. The summed E-state index contributed by atoms with van der Waals surface area (Å²) in [6.07, 6.45) is 4.92.